The number of benzene rings is 1. The number of unbranched alkanes of at least 4 members (excludes halogenated alkanes) is 1. The van der Waals surface area contributed by atoms with E-state index in [-0.39, 0.29) is 5.91 Å². The molecule has 1 aromatic rings. The van der Waals surface area contributed by atoms with E-state index in [0.717, 1.165) is 36.5 Å². The molecule has 0 fully saturated rings. The molecule has 0 aliphatic carbocycles. The van der Waals surface area contributed by atoms with Crippen LogP contribution < -0.4 is 15.4 Å². The van der Waals surface area contributed by atoms with E-state index in [0.29, 0.717) is 0 Å². The van der Waals surface area contributed by atoms with Crippen molar-refractivity contribution in [2.75, 3.05) is 17.2 Å². The Kier molecular flexibility index (Phi) is 3.52. The Labute approximate surface area is 101 Å². The Morgan fingerprint density at radius 2 is 2.29 bits per heavy atom. The van der Waals surface area contributed by atoms with Crippen LogP contribution in [0.5, 0.6) is 5.75 Å². The number of ether oxygens (including phenoxy) is 1. The summed E-state index contributed by atoms with van der Waals surface area (Å²) in [5.74, 6) is 0.640. The smallest absolute Gasteiger partial charge is 0.265 e. The summed E-state index contributed by atoms with van der Waals surface area (Å²) in [7, 11) is 0. The van der Waals surface area contributed by atoms with Gasteiger partial charge in [0.2, 0.25) is 0 Å². The first kappa shape index (κ1) is 11.8. The molecule has 0 saturated carbocycles. The van der Waals surface area contributed by atoms with Crippen LogP contribution in [0.1, 0.15) is 26.7 Å². The fourth-order valence-electron chi connectivity index (χ4n) is 1.73. The Morgan fingerprint density at radius 3 is 3.06 bits per heavy atom. The lowest BCUT2D eigenvalue weighted by Gasteiger charge is -2.23. The highest BCUT2D eigenvalue weighted by Crippen LogP contribution is 2.32. The molecular formula is C13H18N2O2. The molecule has 0 aromatic heterocycles. The standard InChI is InChI=1S/C13H18N2O2/c1-3-4-7-14-10-5-6-12-11(8-10)15-13(16)9(2)17-12/h5-6,8-9,14H,3-4,7H2,1-2H3,(H,15,16). The average Bonchev–Trinajstić information content (AvgIpc) is 2.31. The van der Waals surface area contributed by atoms with Crippen molar-refractivity contribution in [3.8, 4) is 5.75 Å². The van der Waals surface area contributed by atoms with Crippen LogP contribution in [0.4, 0.5) is 11.4 Å². The number of carbonyl (C=O) groups is 1. The highest BCUT2D eigenvalue weighted by molar-refractivity contribution is 5.98. The molecule has 1 atom stereocenters. The zero-order valence-electron chi connectivity index (χ0n) is 10.2. The van der Waals surface area contributed by atoms with Crippen molar-refractivity contribution in [3.63, 3.8) is 0 Å². The van der Waals surface area contributed by atoms with Crippen LogP contribution in [0.2, 0.25) is 0 Å². The predicted molar refractivity (Wildman–Crippen MR) is 68.6 cm³/mol. The molecule has 1 unspecified atom stereocenters. The number of carbonyl (C=O) groups excluding carboxylic acids is 1. The van der Waals surface area contributed by atoms with E-state index in [9.17, 15) is 4.79 Å². The molecule has 2 N–H and O–H groups in total. The highest BCUT2D eigenvalue weighted by Gasteiger charge is 2.23. The van der Waals surface area contributed by atoms with Gasteiger partial charge in [-0.2, -0.15) is 0 Å². The second-order valence-electron chi connectivity index (χ2n) is 4.24. The largest absolute Gasteiger partial charge is 0.479 e. The van der Waals surface area contributed by atoms with E-state index < -0.39 is 6.10 Å². The number of hydrogen-bond donors (Lipinski definition) is 2. The number of nitrogens with one attached hydrogen (secondary N) is 2. The quantitative estimate of drug-likeness (QED) is 0.787. The monoisotopic (exact) mass is 234 g/mol. The second kappa shape index (κ2) is 5.08. The van der Waals surface area contributed by atoms with Crippen LogP contribution in [0, 0.1) is 0 Å². The second-order valence-corrected chi connectivity index (χ2v) is 4.24. The van der Waals surface area contributed by atoms with Gasteiger partial charge in [0.15, 0.2) is 6.10 Å². The average molecular weight is 234 g/mol. The van der Waals surface area contributed by atoms with Gasteiger partial charge < -0.3 is 15.4 Å². The van der Waals surface area contributed by atoms with Crippen LogP contribution in [-0.2, 0) is 4.79 Å². The van der Waals surface area contributed by atoms with E-state index in [4.69, 9.17) is 4.74 Å². The summed E-state index contributed by atoms with van der Waals surface area (Å²) < 4.78 is 5.48. The summed E-state index contributed by atoms with van der Waals surface area (Å²) in [6.07, 6.45) is 1.88. The topological polar surface area (TPSA) is 50.4 Å². The van der Waals surface area contributed by atoms with Crippen LogP contribution >= 0.6 is 0 Å². The van der Waals surface area contributed by atoms with E-state index in [1.807, 2.05) is 18.2 Å². The summed E-state index contributed by atoms with van der Waals surface area (Å²) in [4.78, 5) is 11.5. The number of hydrogen-bond acceptors (Lipinski definition) is 3. The zero-order valence-corrected chi connectivity index (χ0v) is 10.2. The van der Waals surface area contributed by atoms with Gasteiger partial charge >= 0.3 is 0 Å². The van der Waals surface area contributed by atoms with Crippen molar-refractivity contribution in [1.29, 1.82) is 0 Å². The first-order valence-corrected chi connectivity index (χ1v) is 6.06. The molecule has 1 amide bonds. The Balaban J connectivity index is 2.09. The van der Waals surface area contributed by atoms with E-state index in [2.05, 4.69) is 17.6 Å². The molecule has 1 aliphatic heterocycles. The van der Waals surface area contributed by atoms with Crippen LogP contribution in [0.15, 0.2) is 18.2 Å². The summed E-state index contributed by atoms with van der Waals surface area (Å²) in [5, 5.41) is 6.15. The third-order valence-electron chi connectivity index (χ3n) is 2.77. The third kappa shape index (κ3) is 2.70. The summed E-state index contributed by atoms with van der Waals surface area (Å²) in [5.41, 5.74) is 1.75. The predicted octanol–water partition coefficient (Wildman–Crippen LogP) is 2.62. The van der Waals surface area contributed by atoms with Crippen molar-refractivity contribution in [3.05, 3.63) is 18.2 Å². The number of anilines is 2. The lowest BCUT2D eigenvalue weighted by molar-refractivity contribution is -0.122. The minimum absolute atomic E-state index is 0.0943. The fourth-order valence-corrected chi connectivity index (χ4v) is 1.73. The molecule has 0 spiro atoms. The Hall–Kier alpha value is -1.71. The molecule has 92 valence electrons. The summed E-state index contributed by atoms with van der Waals surface area (Å²) >= 11 is 0. The van der Waals surface area contributed by atoms with Gasteiger partial charge in [0.25, 0.3) is 5.91 Å². The molecule has 4 nitrogen and oxygen atoms in total. The molecular weight excluding hydrogens is 216 g/mol. The maximum atomic E-state index is 11.5. The molecule has 0 radical (unpaired) electrons. The minimum atomic E-state index is -0.415. The number of rotatable bonds is 4. The minimum Gasteiger partial charge on any atom is -0.479 e. The van der Waals surface area contributed by atoms with Crippen molar-refractivity contribution in [2.45, 2.75) is 32.8 Å². The molecule has 0 bridgehead atoms. The first-order chi connectivity index (χ1) is 8.20. The van der Waals surface area contributed by atoms with Gasteiger partial charge in [-0.3, -0.25) is 4.79 Å². The van der Waals surface area contributed by atoms with Crippen molar-refractivity contribution in [1.82, 2.24) is 0 Å². The SMILES string of the molecule is CCCCNc1ccc2c(c1)NC(=O)C(C)O2. The molecule has 0 saturated heterocycles. The van der Waals surface area contributed by atoms with E-state index in [1.54, 1.807) is 6.92 Å². The van der Waals surface area contributed by atoms with Gasteiger partial charge in [-0.15, -0.1) is 0 Å². The molecule has 17 heavy (non-hydrogen) atoms. The van der Waals surface area contributed by atoms with Gasteiger partial charge in [0, 0.05) is 12.2 Å². The fraction of sp³-hybridized carbons (Fsp3) is 0.462. The highest BCUT2D eigenvalue weighted by atomic mass is 16.5. The van der Waals surface area contributed by atoms with Gasteiger partial charge in [0.1, 0.15) is 5.75 Å². The Morgan fingerprint density at radius 1 is 1.47 bits per heavy atom. The Bertz CT molecular complexity index is 418. The van der Waals surface area contributed by atoms with E-state index >= 15 is 0 Å². The molecule has 1 aromatic carbocycles. The summed E-state index contributed by atoms with van der Waals surface area (Å²) in [6, 6.07) is 5.77. The molecule has 1 heterocycles. The third-order valence-corrected chi connectivity index (χ3v) is 2.77. The zero-order chi connectivity index (χ0) is 12.3. The lowest BCUT2D eigenvalue weighted by Crippen LogP contribution is -2.34. The molecule has 1 aliphatic rings. The van der Waals surface area contributed by atoms with Crippen molar-refractivity contribution >= 4 is 17.3 Å². The number of amides is 1. The molecule has 4 heteroatoms. The normalized spacial score (nSPS) is 18.0. The van der Waals surface area contributed by atoms with Crippen LogP contribution in [0.3, 0.4) is 0 Å². The first-order valence-electron chi connectivity index (χ1n) is 6.06. The maximum Gasteiger partial charge on any atom is 0.265 e. The van der Waals surface area contributed by atoms with Crippen molar-refractivity contribution in [2.24, 2.45) is 0 Å². The van der Waals surface area contributed by atoms with Crippen molar-refractivity contribution < 1.29 is 9.53 Å². The van der Waals surface area contributed by atoms with Gasteiger partial charge in [-0.05, 0) is 31.5 Å². The van der Waals surface area contributed by atoms with E-state index in [1.165, 1.54) is 0 Å². The van der Waals surface area contributed by atoms with Gasteiger partial charge in [0.05, 0.1) is 5.69 Å². The van der Waals surface area contributed by atoms with Crippen LogP contribution in [0.25, 0.3) is 0 Å². The van der Waals surface area contributed by atoms with Gasteiger partial charge in [-0.25, -0.2) is 0 Å². The van der Waals surface area contributed by atoms with Crippen LogP contribution in [-0.4, -0.2) is 18.6 Å². The lowest BCUT2D eigenvalue weighted by atomic mass is 10.2. The maximum absolute atomic E-state index is 11.5. The summed E-state index contributed by atoms with van der Waals surface area (Å²) in [6.45, 7) is 4.84. The number of fused-ring (bicyclic) bond motifs is 1. The van der Waals surface area contributed by atoms with Gasteiger partial charge in [-0.1, -0.05) is 13.3 Å². The molecule has 2 rings (SSSR count).